The van der Waals surface area contributed by atoms with Crippen LogP contribution in [0.5, 0.6) is 0 Å². The molecule has 0 amide bonds. The SMILES string of the molecule is CSCCC(Nc1cc(C)cc(Cl)c1)C(=O)O. The standard InChI is InChI=1S/C12H16ClNO2S/c1-8-5-9(13)7-10(6-8)14-11(12(15)16)3-4-17-2/h5-7,11,14H,3-4H2,1-2H3,(H,15,16). The lowest BCUT2D eigenvalue weighted by Gasteiger charge is -2.15. The summed E-state index contributed by atoms with van der Waals surface area (Å²) in [4.78, 5) is 11.1. The number of carbonyl (C=O) groups is 1. The Labute approximate surface area is 111 Å². The molecule has 0 fully saturated rings. The van der Waals surface area contributed by atoms with Crippen molar-refractivity contribution in [2.75, 3.05) is 17.3 Å². The van der Waals surface area contributed by atoms with Crippen LogP contribution < -0.4 is 5.32 Å². The molecule has 0 aliphatic rings. The van der Waals surface area contributed by atoms with Crippen LogP contribution in [0.4, 0.5) is 5.69 Å². The van der Waals surface area contributed by atoms with E-state index < -0.39 is 12.0 Å². The average molecular weight is 274 g/mol. The number of hydrogen-bond donors (Lipinski definition) is 2. The second-order valence-corrected chi connectivity index (χ2v) is 5.26. The maximum atomic E-state index is 11.1. The highest BCUT2D eigenvalue weighted by Crippen LogP contribution is 2.20. The minimum Gasteiger partial charge on any atom is -0.480 e. The molecule has 1 rings (SSSR count). The topological polar surface area (TPSA) is 49.3 Å². The van der Waals surface area contributed by atoms with Gasteiger partial charge in [-0.2, -0.15) is 11.8 Å². The summed E-state index contributed by atoms with van der Waals surface area (Å²) in [5, 5.41) is 12.7. The van der Waals surface area contributed by atoms with Crippen LogP contribution in [-0.2, 0) is 4.79 Å². The Hall–Kier alpha value is -0.870. The van der Waals surface area contributed by atoms with E-state index in [0.717, 1.165) is 17.0 Å². The van der Waals surface area contributed by atoms with Crippen LogP contribution in [0.25, 0.3) is 0 Å². The summed E-state index contributed by atoms with van der Waals surface area (Å²) < 4.78 is 0. The highest BCUT2D eigenvalue weighted by molar-refractivity contribution is 7.98. The van der Waals surface area contributed by atoms with E-state index in [1.54, 1.807) is 17.8 Å². The molecule has 0 spiro atoms. The van der Waals surface area contributed by atoms with Crippen LogP contribution in [0.15, 0.2) is 18.2 Å². The molecular formula is C12H16ClNO2S. The van der Waals surface area contributed by atoms with Gasteiger partial charge < -0.3 is 10.4 Å². The zero-order chi connectivity index (χ0) is 12.8. The molecule has 0 bridgehead atoms. The van der Waals surface area contributed by atoms with Gasteiger partial charge in [-0.3, -0.25) is 0 Å². The molecule has 1 atom stereocenters. The van der Waals surface area contributed by atoms with E-state index >= 15 is 0 Å². The van der Waals surface area contributed by atoms with Crippen molar-refractivity contribution in [2.24, 2.45) is 0 Å². The van der Waals surface area contributed by atoms with Gasteiger partial charge in [0.25, 0.3) is 0 Å². The molecule has 94 valence electrons. The summed E-state index contributed by atoms with van der Waals surface area (Å²) in [5.74, 6) is -0.0274. The van der Waals surface area contributed by atoms with E-state index in [1.807, 2.05) is 25.3 Å². The number of nitrogens with one attached hydrogen (secondary N) is 1. The van der Waals surface area contributed by atoms with Gasteiger partial charge in [-0.25, -0.2) is 4.79 Å². The van der Waals surface area contributed by atoms with Gasteiger partial charge in [-0.1, -0.05) is 11.6 Å². The number of halogens is 1. The van der Waals surface area contributed by atoms with Crippen molar-refractivity contribution < 1.29 is 9.90 Å². The summed E-state index contributed by atoms with van der Waals surface area (Å²) in [7, 11) is 0. The lowest BCUT2D eigenvalue weighted by atomic mass is 10.2. The normalized spacial score (nSPS) is 12.2. The Morgan fingerprint density at radius 1 is 1.53 bits per heavy atom. The second kappa shape index (κ2) is 6.77. The molecule has 1 unspecified atom stereocenters. The van der Waals surface area contributed by atoms with Gasteiger partial charge >= 0.3 is 5.97 Å². The third-order valence-corrected chi connectivity index (χ3v) is 3.15. The molecule has 0 radical (unpaired) electrons. The fraction of sp³-hybridized carbons (Fsp3) is 0.417. The van der Waals surface area contributed by atoms with Crippen LogP contribution in [-0.4, -0.2) is 29.1 Å². The predicted octanol–water partition coefficient (Wildman–Crippen LogP) is 3.27. The number of hydrogen-bond acceptors (Lipinski definition) is 3. The lowest BCUT2D eigenvalue weighted by molar-refractivity contribution is -0.137. The maximum absolute atomic E-state index is 11.1. The molecule has 0 aliphatic carbocycles. The number of carboxylic acids is 1. The number of benzene rings is 1. The zero-order valence-electron chi connectivity index (χ0n) is 9.87. The first-order valence-electron chi connectivity index (χ1n) is 5.28. The van der Waals surface area contributed by atoms with Crippen LogP contribution in [0.2, 0.25) is 5.02 Å². The number of rotatable bonds is 6. The van der Waals surface area contributed by atoms with Gasteiger partial charge in [0.05, 0.1) is 0 Å². The third-order valence-electron chi connectivity index (χ3n) is 2.29. The minimum absolute atomic E-state index is 0.569. The molecule has 17 heavy (non-hydrogen) atoms. The summed E-state index contributed by atoms with van der Waals surface area (Å²) in [6, 6.07) is 4.90. The molecule has 0 aromatic heterocycles. The van der Waals surface area contributed by atoms with Crippen LogP contribution in [0.3, 0.4) is 0 Å². The van der Waals surface area contributed by atoms with Crippen molar-refractivity contribution in [3.8, 4) is 0 Å². The van der Waals surface area contributed by atoms with Crippen molar-refractivity contribution in [3.05, 3.63) is 28.8 Å². The summed E-state index contributed by atoms with van der Waals surface area (Å²) in [6.07, 6.45) is 2.55. The number of thioether (sulfide) groups is 1. The highest BCUT2D eigenvalue weighted by atomic mass is 35.5. The Balaban J connectivity index is 2.74. The van der Waals surface area contributed by atoms with E-state index in [0.29, 0.717) is 11.4 Å². The first-order valence-corrected chi connectivity index (χ1v) is 7.05. The van der Waals surface area contributed by atoms with E-state index in [-0.39, 0.29) is 0 Å². The second-order valence-electron chi connectivity index (χ2n) is 3.83. The van der Waals surface area contributed by atoms with E-state index in [1.165, 1.54) is 0 Å². The van der Waals surface area contributed by atoms with Gasteiger partial charge in [0.2, 0.25) is 0 Å². The Morgan fingerprint density at radius 3 is 2.76 bits per heavy atom. The fourth-order valence-corrected chi connectivity index (χ4v) is 2.27. The van der Waals surface area contributed by atoms with E-state index in [4.69, 9.17) is 16.7 Å². The molecule has 0 aliphatic heterocycles. The largest absolute Gasteiger partial charge is 0.480 e. The van der Waals surface area contributed by atoms with Crippen molar-refractivity contribution in [3.63, 3.8) is 0 Å². The third kappa shape index (κ3) is 4.88. The summed E-state index contributed by atoms with van der Waals surface area (Å²) >= 11 is 7.56. The van der Waals surface area contributed by atoms with Gasteiger partial charge in [-0.05, 0) is 49.1 Å². The zero-order valence-corrected chi connectivity index (χ0v) is 11.4. The molecule has 2 N–H and O–H groups in total. The van der Waals surface area contributed by atoms with Gasteiger partial charge in [-0.15, -0.1) is 0 Å². The van der Waals surface area contributed by atoms with Crippen LogP contribution >= 0.6 is 23.4 Å². The summed E-state index contributed by atoms with van der Waals surface area (Å²) in [6.45, 7) is 1.93. The highest BCUT2D eigenvalue weighted by Gasteiger charge is 2.16. The van der Waals surface area contributed by atoms with Crippen LogP contribution in [0.1, 0.15) is 12.0 Å². The molecule has 0 saturated carbocycles. The van der Waals surface area contributed by atoms with Crippen molar-refractivity contribution >= 4 is 35.0 Å². The quantitative estimate of drug-likeness (QED) is 0.835. The summed E-state index contributed by atoms with van der Waals surface area (Å²) in [5.41, 5.74) is 1.76. The number of aliphatic carboxylic acids is 1. The molecule has 1 aromatic carbocycles. The van der Waals surface area contributed by atoms with Crippen molar-refractivity contribution in [2.45, 2.75) is 19.4 Å². The molecule has 0 heterocycles. The lowest BCUT2D eigenvalue weighted by Crippen LogP contribution is -2.29. The monoisotopic (exact) mass is 273 g/mol. The maximum Gasteiger partial charge on any atom is 0.326 e. The Bertz CT molecular complexity index is 378. The molecule has 1 aromatic rings. The fourth-order valence-electron chi connectivity index (χ4n) is 1.51. The Morgan fingerprint density at radius 2 is 2.24 bits per heavy atom. The van der Waals surface area contributed by atoms with Crippen LogP contribution in [0, 0.1) is 6.92 Å². The van der Waals surface area contributed by atoms with Gasteiger partial charge in [0, 0.05) is 10.7 Å². The number of aryl methyl sites for hydroxylation is 1. The first-order chi connectivity index (χ1) is 8.02. The number of carboxylic acid groups (broad SMARTS) is 1. The molecule has 3 nitrogen and oxygen atoms in total. The van der Waals surface area contributed by atoms with Crippen molar-refractivity contribution in [1.82, 2.24) is 0 Å². The van der Waals surface area contributed by atoms with Crippen molar-refractivity contribution in [1.29, 1.82) is 0 Å². The first kappa shape index (κ1) is 14.2. The predicted molar refractivity (Wildman–Crippen MR) is 74.2 cm³/mol. The Kier molecular flexibility index (Phi) is 5.65. The molecule has 5 heteroatoms. The average Bonchev–Trinajstić information content (AvgIpc) is 2.22. The molecular weight excluding hydrogens is 258 g/mol. The van der Waals surface area contributed by atoms with Gasteiger partial charge in [0.15, 0.2) is 0 Å². The molecule has 0 saturated heterocycles. The van der Waals surface area contributed by atoms with E-state index in [9.17, 15) is 4.79 Å². The smallest absolute Gasteiger partial charge is 0.326 e. The van der Waals surface area contributed by atoms with E-state index in [2.05, 4.69) is 5.32 Å². The minimum atomic E-state index is -0.836. The number of anilines is 1. The van der Waals surface area contributed by atoms with Gasteiger partial charge in [0.1, 0.15) is 6.04 Å².